The molecule has 6 heteroatoms. The molecular weight excluding hydrogens is 360 g/mol. The van der Waals surface area contributed by atoms with Crippen molar-refractivity contribution in [3.8, 4) is 28.7 Å². The molecule has 28 heavy (non-hydrogen) atoms. The summed E-state index contributed by atoms with van der Waals surface area (Å²) in [4.78, 5) is 12.1. The second-order valence-corrected chi connectivity index (χ2v) is 6.26. The van der Waals surface area contributed by atoms with Crippen LogP contribution in [0.3, 0.4) is 0 Å². The van der Waals surface area contributed by atoms with Gasteiger partial charge in [0.25, 0.3) is 0 Å². The number of carbonyl (C=O) groups is 1. The molecule has 0 spiro atoms. The molecule has 0 unspecified atom stereocenters. The highest BCUT2D eigenvalue weighted by molar-refractivity contribution is 5.89. The van der Waals surface area contributed by atoms with Crippen LogP contribution in [-0.4, -0.2) is 37.3 Å². The third kappa shape index (κ3) is 5.67. The number of hydrogen-bond acceptors (Lipinski definition) is 6. The van der Waals surface area contributed by atoms with Gasteiger partial charge in [-0.1, -0.05) is 12.1 Å². The lowest BCUT2D eigenvalue weighted by atomic mass is 10.0. The second kappa shape index (κ2) is 10.3. The lowest BCUT2D eigenvalue weighted by Gasteiger charge is -2.10. The Hall–Kier alpha value is -3.15. The number of allylic oxidation sites excluding steroid dienone is 2. The molecule has 2 N–H and O–H groups in total. The Balaban J connectivity index is 1.85. The summed E-state index contributed by atoms with van der Waals surface area (Å²) in [6.07, 6.45) is 5.76. The number of carbonyl (C=O) groups excluding carboxylic acids is 1. The zero-order chi connectivity index (χ0) is 20.5. The highest BCUT2D eigenvalue weighted by Crippen LogP contribution is 2.37. The quantitative estimate of drug-likeness (QED) is 0.604. The van der Waals surface area contributed by atoms with E-state index >= 15 is 0 Å². The summed E-state index contributed by atoms with van der Waals surface area (Å²) in [5.74, 6) is 1.17. The summed E-state index contributed by atoms with van der Waals surface area (Å²) in [5, 5.41) is 19.5. The molecule has 0 saturated carbocycles. The summed E-state index contributed by atoms with van der Waals surface area (Å²) in [7, 11) is 4.45. The van der Waals surface area contributed by atoms with Gasteiger partial charge < -0.3 is 24.4 Å². The van der Waals surface area contributed by atoms with Crippen LogP contribution < -0.4 is 14.2 Å². The van der Waals surface area contributed by atoms with E-state index in [0.29, 0.717) is 36.5 Å². The molecule has 0 aromatic heterocycles. The van der Waals surface area contributed by atoms with Crippen molar-refractivity contribution in [3.63, 3.8) is 0 Å². The maximum absolute atomic E-state index is 12.1. The van der Waals surface area contributed by atoms with E-state index in [1.54, 1.807) is 30.3 Å². The van der Waals surface area contributed by atoms with Crippen LogP contribution in [-0.2, 0) is 17.6 Å². The molecule has 2 aromatic rings. The fourth-order valence-corrected chi connectivity index (χ4v) is 2.79. The van der Waals surface area contributed by atoms with Crippen molar-refractivity contribution < 1.29 is 29.2 Å². The van der Waals surface area contributed by atoms with Gasteiger partial charge in [-0.3, -0.25) is 4.79 Å². The number of methoxy groups -OCH3 is 3. The Labute approximate surface area is 165 Å². The third-order valence-corrected chi connectivity index (χ3v) is 4.35. The van der Waals surface area contributed by atoms with Crippen molar-refractivity contribution in [3.05, 3.63) is 53.6 Å². The van der Waals surface area contributed by atoms with Gasteiger partial charge in [0.2, 0.25) is 5.75 Å². The zero-order valence-electron chi connectivity index (χ0n) is 16.4. The number of aromatic hydroxyl groups is 2. The van der Waals surface area contributed by atoms with Crippen LogP contribution in [0, 0.1) is 0 Å². The van der Waals surface area contributed by atoms with E-state index in [1.807, 2.05) is 12.1 Å². The van der Waals surface area contributed by atoms with Crippen molar-refractivity contribution >= 4 is 5.78 Å². The van der Waals surface area contributed by atoms with Crippen molar-refractivity contribution in [2.75, 3.05) is 21.3 Å². The van der Waals surface area contributed by atoms with Gasteiger partial charge in [0.15, 0.2) is 28.8 Å². The lowest BCUT2D eigenvalue weighted by molar-refractivity contribution is -0.114. The molecular formula is C22H26O6. The van der Waals surface area contributed by atoms with E-state index in [4.69, 9.17) is 14.2 Å². The van der Waals surface area contributed by atoms with Gasteiger partial charge in [-0.05, 0) is 60.7 Å². The first kappa shape index (κ1) is 21.2. The van der Waals surface area contributed by atoms with Crippen LogP contribution in [0.25, 0.3) is 0 Å². The smallest absolute Gasteiger partial charge is 0.200 e. The Bertz CT molecular complexity index is 816. The van der Waals surface area contributed by atoms with Crippen LogP contribution in [0.15, 0.2) is 42.5 Å². The van der Waals surface area contributed by atoms with E-state index in [1.165, 1.54) is 21.3 Å². The lowest BCUT2D eigenvalue weighted by Crippen LogP contribution is -1.98. The van der Waals surface area contributed by atoms with Gasteiger partial charge >= 0.3 is 0 Å². The average molecular weight is 386 g/mol. The second-order valence-electron chi connectivity index (χ2n) is 6.26. The Morgan fingerprint density at radius 1 is 0.893 bits per heavy atom. The summed E-state index contributed by atoms with van der Waals surface area (Å²) >= 11 is 0. The summed E-state index contributed by atoms with van der Waals surface area (Å²) in [5.41, 5.74) is 1.87. The fourth-order valence-electron chi connectivity index (χ4n) is 2.79. The van der Waals surface area contributed by atoms with E-state index in [-0.39, 0.29) is 17.3 Å². The molecule has 150 valence electrons. The van der Waals surface area contributed by atoms with Gasteiger partial charge in [0.1, 0.15) is 0 Å². The predicted molar refractivity (Wildman–Crippen MR) is 107 cm³/mol. The first-order valence-electron chi connectivity index (χ1n) is 8.97. The first-order valence-corrected chi connectivity index (χ1v) is 8.97. The number of benzene rings is 2. The van der Waals surface area contributed by atoms with Crippen LogP contribution in [0.2, 0.25) is 0 Å². The number of hydrogen-bond donors (Lipinski definition) is 2. The van der Waals surface area contributed by atoms with Crippen molar-refractivity contribution in [2.24, 2.45) is 0 Å². The third-order valence-electron chi connectivity index (χ3n) is 4.35. The van der Waals surface area contributed by atoms with Crippen molar-refractivity contribution in [1.82, 2.24) is 0 Å². The number of phenolic OH excluding ortho intramolecular Hbond substituents is 2. The topological polar surface area (TPSA) is 85.2 Å². The van der Waals surface area contributed by atoms with Gasteiger partial charge in [0, 0.05) is 6.42 Å². The molecule has 0 radical (unpaired) electrons. The molecule has 0 amide bonds. The first-order chi connectivity index (χ1) is 13.5. The Morgan fingerprint density at radius 3 is 2.11 bits per heavy atom. The standard InChI is InChI=1S/C22H26O6/c1-26-19-12-15(9-11-18(19)24)6-4-5-7-17(23)10-8-16-13-20(27-2)22(25)21(14-16)28-3/h5,7,9,11-14,24-25H,4,6,8,10H2,1-3H3. The van der Waals surface area contributed by atoms with Crippen LogP contribution in [0.1, 0.15) is 24.0 Å². The molecule has 0 heterocycles. The number of aryl methyl sites for hydroxylation is 2. The molecule has 0 aliphatic carbocycles. The van der Waals surface area contributed by atoms with Gasteiger partial charge in [-0.2, -0.15) is 0 Å². The average Bonchev–Trinajstić information content (AvgIpc) is 2.71. The largest absolute Gasteiger partial charge is 0.504 e. The molecule has 0 aliphatic rings. The van der Waals surface area contributed by atoms with Crippen LogP contribution >= 0.6 is 0 Å². The maximum atomic E-state index is 12.1. The summed E-state index contributed by atoms with van der Waals surface area (Å²) < 4.78 is 15.3. The minimum absolute atomic E-state index is 0.0225. The van der Waals surface area contributed by atoms with Gasteiger partial charge in [-0.15, -0.1) is 0 Å². The molecule has 2 aromatic carbocycles. The number of ketones is 1. The highest BCUT2D eigenvalue weighted by atomic mass is 16.5. The Morgan fingerprint density at radius 2 is 1.50 bits per heavy atom. The fraction of sp³-hybridized carbons (Fsp3) is 0.318. The van der Waals surface area contributed by atoms with Crippen molar-refractivity contribution in [1.29, 1.82) is 0 Å². The summed E-state index contributed by atoms with van der Waals surface area (Å²) in [6, 6.07) is 8.62. The van der Waals surface area contributed by atoms with Crippen LogP contribution in [0.4, 0.5) is 0 Å². The number of phenols is 2. The molecule has 6 nitrogen and oxygen atoms in total. The number of ether oxygens (including phenoxy) is 3. The minimum Gasteiger partial charge on any atom is -0.504 e. The van der Waals surface area contributed by atoms with E-state index in [9.17, 15) is 15.0 Å². The monoisotopic (exact) mass is 386 g/mol. The normalized spacial score (nSPS) is 10.8. The molecule has 2 rings (SSSR count). The summed E-state index contributed by atoms with van der Waals surface area (Å²) in [6.45, 7) is 0. The van der Waals surface area contributed by atoms with Crippen LogP contribution in [0.5, 0.6) is 28.7 Å². The Kier molecular flexibility index (Phi) is 7.75. The molecule has 0 bridgehead atoms. The molecule has 0 saturated heterocycles. The maximum Gasteiger partial charge on any atom is 0.200 e. The highest BCUT2D eigenvalue weighted by Gasteiger charge is 2.11. The SMILES string of the molecule is COc1cc(CCC=CC(=O)CCc2cc(OC)c(O)c(OC)c2)ccc1O. The van der Waals surface area contributed by atoms with Gasteiger partial charge in [-0.25, -0.2) is 0 Å². The number of rotatable bonds is 10. The molecule has 0 aliphatic heterocycles. The molecule has 0 fully saturated rings. The van der Waals surface area contributed by atoms with Gasteiger partial charge in [0.05, 0.1) is 21.3 Å². The van der Waals surface area contributed by atoms with E-state index < -0.39 is 0 Å². The van der Waals surface area contributed by atoms with E-state index in [0.717, 1.165) is 17.5 Å². The zero-order valence-corrected chi connectivity index (χ0v) is 16.4. The molecule has 0 atom stereocenters. The predicted octanol–water partition coefficient (Wildman–Crippen LogP) is 3.81. The van der Waals surface area contributed by atoms with Crippen molar-refractivity contribution in [2.45, 2.75) is 25.7 Å². The minimum atomic E-state index is -0.0502. The van der Waals surface area contributed by atoms with E-state index in [2.05, 4.69) is 0 Å².